The molecule has 0 unspecified atom stereocenters. The van der Waals surface area contributed by atoms with Crippen LogP contribution in [0.4, 0.5) is 15.8 Å². The van der Waals surface area contributed by atoms with Crippen molar-refractivity contribution in [2.45, 2.75) is 13.3 Å². The fraction of sp³-hybridized carbons (Fsp3) is 0.188. The van der Waals surface area contributed by atoms with E-state index in [9.17, 15) is 9.18 Å². The molecular weight excluding hydrogens is 271 g/mol. The highest BCUT2D eigenvalue weighted by molar-refractivity contribution is 5.97. The number of benzene rings is 2. The molecule has 2 aromatic rings. The summed E-state index contributed by atoms with van der Waals surface area (Å²) in [5.74, 6) is -1.30. The molecule has 5 heteroatoms. The maximum absolute atomic E-state index is 13.0. The summed E-state index contributed by atoms with van der Waals surface area (Å²) in [5, 5.41) is 12.1. The highest BCUT2D eigenvalue weighted by Gasteiger charge is 2.10. The second kappa shape index (κ2) is 6.26. The molecule has 4 nitrogen and oxygen atoms in total. The molecular formula is C16H17FN2O2. The van der Waals surface area contributed by atoms with E-state index in [0.29, 0.717) is 18.7 Å². The summed E-state index contributed by atoms with van der Waals surface area (Å²) in [5.41, 5.74) is 8.65. The number of aryl methyl sites for hydroxylation is 1. The van der Waals surface area contributed by atoms with E-state index in [1.165, 1.54) is 18.2 Å². The second-order valence-corrected chi connectivity index (χ2v) is 4.82. The third-order valence-electron chi connectivity index (χ3n) is 3.35. The lowest BCUT2D eigenvalue weighted by molar-refractivity contribution is 0.0698. The minimum atomic E-state index is -1.05. The lowest BCUT2D eigenvalue weighted by Crippen LogP contribution is -2.10. The van der Waals surface area contributed by atoms with Crippen LogP contribution < -0.4 is 11.1 Å². The van der Waals surface area contributed by atoms with E-state index in [-0.39, 0.29) is 17.1 Å². The van der Waals surface area contributed by atoms with Gasteiger partial charge in [-0.15, -0.1) is 0 Å². The zero-order valence-corrected chi connectivity index (χ0v) is 11.7. The number of nitrogens with one attached hydrogen (secondary N) is 1. The molecule has 2 rings (SSSR count). The van der Waals surface area contributed by atoms with E-state index in [1.807, 2.05) is 6.92 Å². The van der Waals surface area contributed by atoms with Crippen molar-refractivity contribution in [1.29, 1.82) is 0 Å². The van der Waals surface area contributed by atoms with Crippen molar-refractivity contribution >= 4 is 17.3 Å². The number of rotatable bonds is 5. The topological polar surface area (TPSA) is 75.3 Å². The predicted octanol–water partition coefficient (Wildman–Crippen LogP) is 3.07. The van der Waals surface area contributed by atoms with Gasteiger partial charge in [-0.05, 0) is 48.7 Å². The molecule has 0 amide bonds. The monoisotopic (exact) mass is 288 g/mol. The van der Waals surface area contributed by atoms with E-state index < -0.39 is 5.97 Å². The number of anilines is 2. The third kappa shape index (κ3) is 3.51. The molecule has 0 heterocycles. The molecule has 0 aromatic heterocycles. The lowest BCUT2D eigenvalue weighted by Gasteiger charge is -2.12. The zero-order valence-electron chi connectivity index (χ0n) is 11.7. The molecule has 0 atom stereocenters. The summed E-state index contributed by atoms with van der Waals surface area (Å²) in [7, 11) is 0. The number of carboxylic acids is 1. The zero-order chi connectivity index (χ0) is 15.4. The minimum Gasteiger partial charge on any atom is -0.478 e. The largest absolute Gasteiger partial charge is 0.478 e. The Bertz CT molecular complexity index is 671. The summed E-state index contributed by atoms with van der Waals surface area (Å²) in [6.45, 7) is 2.44. The van der Waals surface area contributed by atoms with Crippen molar-refractivity contribution in [3.63, 3.8) is 0 Å². The van der Waals surface area contributed by atoms with Gasteiger partial charge in [0.25, 0.3) is 0 Å². The molecule has 0 spiro atoms. The first-order chi connectivity index (χ1) is 9.99. The molecule has 21 heavy (non-hydrogen) atoms. The van der Waals surface area contributed by atoms with Gasteiger partial charge in [0, 0.05) is 6.54 Å². The fourth-order valence-corrected chi connectivity index (χ4v) is 2.18. The van der Waals surface area contributed by atoms with Gasteiger partial charge in [0.1, 0.15) is 5.82 Å². The van der Waals surface area contributed by atoms with Gasteiger partial charge in [-0.25, -0.2) is 9.18 Å². The average Bonchev–Trinajstić information content (AvgIpc) is 2.42. The molecule has 0 saturated carbocycles. The number of halogens is 1. The molecule has 0 fully saturated rings. The van der Waals surface area contributed by atoms with Crippen LogP contribution in [0.25, 0.3) is 0 Å². The Morgan fingerprint density at radius 3 is 2.76 bits per heavy atom. The summed E-state index contributed by atoms with van der Waals surface area (Å²) in [6.07, 6.45) is 0.697. The number of nitrogen functional groups attached to an aromatic ring is 1. The van der Waals surface area contributed by atoms with Gasteiger partial charge >= 0.3 is 5.97 Å². The number of nitrogens with two attached hydrogens (primary N) is 1. The summed E-state index contributed by atoms with van der Waals surface area (Å²) in [4.78, 5) is 11.0. The van der Waals surface area contributed by atoms with Crippen LogP contribution in [0.1, 0.15) is 21.5 Å². The Labute approximate surface area is 122 Å². The SMILES string of the molecule is Cc1cc(F)ccc1CCNc1cccc(C(=O)O)c1N. The normalized spacial score (nSPS) is 10.4. The Morgan fingerprint density at radius 2 is 2.10 bits per heavy atom. The van der Waals surface area contributed by atoms with Gasteiger partial charge in [0.05, 0.1) is 16.9 Å². The molecule has 4 N–H and O–H groups in total. The molecule has 0 radical (unpaired) electrons. The van der Waals surface area contributed by atoms with E-state index in [4.69, 9.17) is 10.8 Å². The Morgan fingerprint density at radius 1 is 1.33 bits per heavy atom. The van der Waals surface area contributed by atoms with Gasteiger partial charge in [-0.2, -0.15) is 0 Å². The molecule has 0 aliphatic heterocycles. The van der Waals surface area contributed by atoms with Gasteiger partial charge < -0.3 is 16.2 Å². The standard InChI is InChI=1S/C16H17FN2O2/c1-10-9-12(17)6-5-11(10)7-8-19-14-4-2-3-13(15(14)18)16(20)21/h2-6,9,19H,7-8,18H2,1H3,(H,20,21). The molecule has 0 saturated heterocycles. The van der Waals surface area contributed by atoms with Crippen molar-refractivity contribution < 1.29 is 14.3 Å². The van der Waals surface area contributed by atoms with Crippen LogP contribution in [0.2, 0.25) is 0 Å². The van der Waals surface area contributed by atoms with E-state index in [2.05, 4.69) is 5.32 Å². The fourth-order valence-electron chi connectivity index (χ4n) is 2.18. The molecule has 0 bridgehead atoms. The minimum absolute atomic E-state index is 0.0814. The van der Waals surface area contributed by atoms with Crippen LogP contribution >= 0.6 is 0 Å². The van der Waals surface area contributed by atoms with Gasteiger partial charge in [0.2, 0.25) is 0 Å². The first kappa shape index (κ1) is 14.8. The van der Waals surface area contributed by atoms with E-state index >= 15 is 0 Å². The maximum Gasteiger partial charge on any atom is 0.337 e. The van der Waals surface area contributed by atoms with Crippen molar-refractivity contribution in [1.82, 2.24) is 0 Å². The Hall–Kier alpha value is -2.56. The molecule has 2 aromatic carbocycles. The number of hydrogen-bond donors (Lipinski definition) is 3. The van der Waals surface area contributed by atoms with Gasteiger partial charge in [-0.3, -0.25) is 0 Å². The Kier molecular flexibility index (Phi) is 4.42. The van der Waals surface area contributed by atoms with Crippen molar-refractivity contribution in [3.05, 3.63) is 58.9 Å². The van der Waals surface area contributed by atoms with Crippen LogP contribution in [-0.4, -0.2) is 17.6 Å². The smallest absolute Gasteiger partial charge is 0.337 e. The number of carbonyl (C=O) groups is 1. The molecule has 0 aliphatic carbocycles. The van der Waals surface area contributed by atoms with Crippen molar-refractivity contribution in [3.8, 4) is 0 Å². The van der Waals surface area contributed by atoms with Crippen LogP contribution in [-0.2, 0) is 6.42 Å². The molecule has 0 aliphatic rings. The molecule has 110 valence electrons. The number of carboxylic acid groups (broad SMARTS) is 1. The number of para-hydroxylation sites is 1. The summed E-state index contributed by atoms with van der Waals surface area (Å²) >= 11 is 0. The van der Waals surface area contributed by atoms with Gasteiger partial charge in [0.15, 0.2) is 0 Å². The number of aromatic carboxylic acids is 1. The summed E-state index contributed by atoms with van der Waals surface area (Å²) in [6, 6.07) is 9.53. The van der Waals surface area contributed by atoms with Crippen molar-refractivity contribution in [2.75, 3.05) is 17.6 Å². The van der Waals surface area contributed by atoms with Crippen LogP contribution in [0, 0.1) is 12.7 Å². The second-order valence-electron chi connectivity index (χ2n) is 4.82. The van der Waals surface area contributed by atoms with Crippen LogP contribution in [0.3, 0.4) is 0 Å². The number of hydrogen-bond acceptors (Lipinski definition) is 3. The summed E-state index contributed by atoms with van der Waals surface area (Å²) < 4.78 is 13.0. The van der Waals surface area contributed by atoms with Gasteiger partial charge in [-0.1, -0.05) is 12.1 Å². The van der Waals surface area contributed by atoms with Crippen LogP contribution in [0.15, 0.2) is 36.4 Å². The van der Waals surface area contributed by atoms with E-state index in [1.54, 1.807) is 18.2 Å². The Balaban J connectivity index is 2.04. The highest BCUT2D eigenvalue weighted by atomic mass is 19.1. The van der Waals surface area contributed by atoms with E-state index in [0.717, 1.165) is 11.1 Å². The average molecular weight is 288 g/mol. The quantitative estimate of drug-likeness (QED) is 0.739. The lowest BCUT2D eigenvalue weighted by atomic mass is 10.1. The van der Waals surface area contributed by atoms with Crippen LogP contribution in [0.5, 0.6) is 0 Å². The predicted molar refractivity (Wildman–Crippen MR) is 81.1 cm³/mol. The third-order valence-corrected chi connectivity index (χ3v) is 3.35. The maximum atomic E-state index is 13.0. The van der Waals surface area contributed by atoms with Crippen molar-refractivity contribution in [2.24, 2.45) is 0 Å². The highest BCUT2D eigenvalue weighted by Crippen LogP contribution is 2.22. The first-order valence-electron chi connectivity index (χ1n) is 6.59. The first-order valence-corrected chi connectivity index (χ1v) is 6.59.